The van der Waals surface area contributed by atoms with Crippen molar-refractivity contribution in [1.82, 2.24) is 0 Å². The fourth-order valence-corrected chi connectivity index (χ4v) is 1.36. The zero-order valence-corrected chi connectivity index (χ0v) is 8.90. The zero-order chi connectivity index (χ0) is 10.4. The van der Waals surface area contributed by atoms with E-state index in [1.807, 2.05) is 12.1 Å². The van der Waals surface area contributed by atoms with Crippen molar-refractivity contribution in [1.29, 1.82) is 0 Å². The summed E-state index contributed by atoms with van der Waals surface area (Å²) < 4.78 is 10.4. The van der Waals surface area contributed by atoms with Gasteiger partial charge in [0.2, 0.25) is 0 Å². The van der Waals surface area contributed by atoms with Crippen LogP contribution < -0.4 is 5.73 Å². The lowest BCUT2D eigenvalue weighted by Crippen LogP contribution is -2.24. The summed E-state index contributed by atoms with van der Waals surface area (Å²) in [6, 6.07) is 4.01. The first-order valence-corrected chi connectivity index (χ1v) is 5.03. The van der Waals surface area contributed by atoms with Gasteiger partial charge in [-0.15, -0.1) is 0 Å². The number of furan rings is 1. The van der Waals surface area contributed by atoms with Crippen molar-refractivity contribution in [3.05, 3.63) is 24.2 Å². The molecule has 0 aliphatic heterocycles. The van der Waals surface area contributed by atoms with Gasteiger partial charge < -0.3 is 14.9 Å². The van der Waals surface area contributed by atoms with Crippen LogP contribution in [0.5, 0.6) is 0 Å². The van der Waals surface area contributed by atoms with Gasteiger partial charge in [0.25, 0.3) is 0 Å². The number of rotatable bonds is 6. The molecular weight excluding hydrogens is 178 g/mol. The average molecular weight is 197 g/mol. The Balaban J connectivity index is 2.19. The summed E-state index contributed by atoms with van der Waals surface area (Å²) in [4.78, 5) is 0. The van der Waals surface area contributed by atoms with Gasteiger partial charge in [0.05, 0.1) is 12.4 Å². The Bertz CT molecular complexity index is 233. The van der Waals surface area contributed by atoms with Crippen LogP contribution in [0, 0.1) is 0 Å². The third-order valence-corrected chi connectivity index (χ3v) is 2.39. The minimum Gasteiger partial charge on any atom is -0.469 e. The quantitative estimate of drug-likeness (QED) is 0.758. The molecule has 1 aromatic rings. The first-order chi connectivity index (χ1) is 6.72. The maximum Gasteiger partial charge on any atom is 0.105 e. The molecule has 3 nitrogen and oxygen atoms in total. The molecule has 2 N–H and O–H groups in total. The third kappa shape index (κ3) is 3.94. The van der Waals surface area contributed by atoms with E-state index in [1.165, 1.54) is 0 Å². The van der Waals surface area contributed by atoms with Crippen LogP contribution in [0.25, 0.3) is 0 Å². The Labute approximate surface area is 85.2 Å². The second-order valence-corrected chi connectivity index (χ2v) is 3.67. The first-order valence-electron chi connectivity index (χ1n) is 5.03. The van der Waals surface area contributed by atoms with E-state index in [4.69, 9.17) is 14.9 Å². The van der Waals surface area contributed by atoms with Gasteiger partial charge in [-0.25, -0.2) is 0 Å². The van der Waals surface area contributed by atoms with Crippen LogP contribution in [0.1, 0.15) is 25.5 Å². The van der Waals surface area contributed by atoms with Crippen LogP contribution in [-0.4, -0.2) is 19.3 Å². The van der Waals surface area contributed by atoms with E-state index in [9.17, 15) is 0 Å². The maximum atomic E-state index is 5.95. The number of ether oxygens (including phenoxy) is 1. The van der Waals surface area contributed by atoms with Crippen molar-refractivity contribution >= 4 is 0 Å². The highest BCUT2D eigenvalue weighted by molar-refractivity contribution is 5.00. The molecule has 1 heterocycles. The molecule has 1 aromatic heterocycles. The lowest BCUT2D eigenvalue weighted by Gasteiger charge is -2.13. The topological polar surface area (TPSA) is 48.4 Å². The normalized spacial score (nSPS) is 15.4. The molecule has 0 amide bonds. The van der Waals surface area contributed by atoms with Crippen LogP contribution in [0.2, 0.25) is 0 Å². The van der Waals surface area contributed by atoms with Crippen molar-refractivity contribution in [2.45, 2.75) is 38.3 Å². The number of hydrogen-bond donors (Lipinski definition) is 1. The number of nitrogens with two attached hydrogens (primary N) is 1. The summed E-state index contributed by atoms with van der Waals surface area (Å²) >= 11 is 0. The minimum atomic E-state index is 0.166. The highest BCUT2D eigenvalue weighted by Crippen LogP contribution is 2.08. The zero-order valence-electron chi connectivity index (χ0n) is 8.90. The van der Waals surface area contributed by atoms with E-state index in [1.54, 1.807) is 13.4 Å². The molecule has 80 valence electrons. The monoisotopic (exact) mass is 197 g/mol. The second kappa shape index (κ2) is 5.83. The average Bonchev–Trinajstić information content (AvgIpc) is 2.66. The molecule has 0 saturated heterocycles. The minimum absolute atomic E-state index is 0.166. The largest absolute Gasteiger partial charge is 0.469 e. The molecular formula is C11H19NO2. The highest BCUT2D eigenvalue weighted by atomic mass is 16.5. The van der Waals surface area contributed by atoms with Gasteiger partial charge in [-0.2, -0.15) is 0 Å². The lowest BCUT2D eigenvalue weighted by molar-refractivity contribution is 0.107. The molecule has 0 bridgehead atoms. The Morgan fingerprint density at radius 1 is 1.50 bits per heavy atom. The van der Waals surface area contributed by atoms with Crippen molar-refractivity contribution in [2.75, 3.05) is 7.11 Å². The first kappa shape index (κ1) is 11.3. The standard InChI is InChI=1S/C11H19NO2/c1-9(13-2)5-6-10(12)8-11-4-3-7-14-11/h3-4,7,9-10H,5-6,8,12H2,1-2H3. The van der Waals surface area contributed by atoms with Gasteiger partial charge >= 0.3 is 0 Å². The Kier molecular flexibility index (Phi) is 4.70. The summed E-state index contributed by atoms with van der Waals surface area (Å²) in [5.74, 6) is 0.961. The Morgan fingerprint density at radius 3 is 2.86 bits per heavy atom. The van der Waals surface area contributed by atoms with E-state index in [-0.39, 0.29) is 12.1 Å². The van der Waals surface area contributed by atoms with Crippen molar-refractivity contribution in [2.24, 2.45) is 5.73 Å². The molecule has 0 radical (unpaired) electrons. The van der Waals surface area contributed by atoms with Crippen LogP contribution in [0.3, 0.4) is 0 Å². The smallest absolute Gasteiger partial charge is 0.105 e. The highest BCUT2D eigenvalue weighted by Gasteiger charge is 2.08. The van der Waals surface area contributed by atoms with Gasteiger partial charge in [-0.1, -0.05) is 0 Å². The summed E-state index contributed by atoms with van der Waals surface area (Å²) in [7, 11) is 1.72. The maximum absolute atomic E-state index is 5.95. The van der Waals surface area contributed by atoms with Crippen LogP contribution in [-0.2, 0) is 11.2 Å². The summed E-state index contributed by atoms with van der Waals surface area (Å²) in [5.41, 5.74) is 5.95. The molecule has 0 spiro atoms. The molecule has 3 heteroatoms. The van der Waals surface area contributed by atoms with Crippen LogP contribution in [0.15, 0.2) is 22.8 Å². The van der Waals surface area contributed by atoms with Crippen molar-refractivity contribution in [3.8, 4) is 0 Å². The molecule has 0 saturated carbocycles. The fourth-order valence-electron chi connectivity index (χ4n) is 1.36. The number of methoxy groups -OCH3 is 1. The van der Waals surface area contributed by atoms with Gasteiger partial charge in [-0.05, 0) is 31.9 Å². The van der Waals surface area contributed by atoms with Gasteiger partial charge in [0, 0.05) is 19.6 Å². The van der Waals surface area contributed by atoms with E-state index in [0.29, 0.717) is 0 Å². The summed E-state index contributed by atoms with van der Waals surface area (Å²) in [6.07, 6.45) is 4.75. The van der Waals surface area contributed by atoms with Crippen molar-refractivity contribution < 1.29 is 9.15 Å². The van der Waals surface area contributed by atoms with E-state index in [2.05, 4.69) is 6.92 Å². The SMILES string of the molecule is COC(C)CCC(N)Cc1ccco1. The van der Waals surface area contributed by atoms with Gasteiger partial charge in [0.1, 0.15) is 5.76 Å². The molecule has 0 fully saturated rings. The molecule has 0 aromatic carbocycles. The predicted molar refractivity (Wildman–Crippen MR) is 56.1 cm³/mol. The lowest BCUT2D eigenvalue weighted by atomic mass is 10.1. The van der Waals surface area contributed by atoms with Crippen LogP contribution >= 0.6 is 0 Å². The Hall–Kier alpha value is -0.800. The molecule has 2 unspecified atom stereocenters. The molecule has 0 aliphatic rings. The van der Waals surface area contributed by atoms with E-state index < -0.39 is 0 Å². The molecule has 1 rings (SSSR count). The summed E-state index contributed by atoms with van der Waals surface area (Å²) in [6.45, 7) is 2.06. The molecule has 2 atom stereocenters. The number of hydrogen-bond acceptors (Lipinski definition) is 3. The summed E-state index contributed by atoms with van der Waals surface area (Å²) in [5, 5.41) is 0. The van der Waals surface area contributed by atoms with Gasteiger partial charge in [0.15, 0.2) is 0 Å². The van der Waals surface area contributed by atoms with E-state index >= 15 is 0 Å². The van der Waals surface area contributed by atoms with Gasteiger partial charge in [-0.3, -0.25) is 0 Å². The van der Waals surface area contributed by atoms with E-state index in [0.717, 1.165) is 25.0 Å². The second-order valence-electron chi connectivity index (χ2n) is 3.67. The van der Waals surface area contributed by atoms with Crippen molar-refractivity contribution in [3.63, 3.8) is 0 Å². The third-order valence-electron chi connectivity index (χ3n) is 2.39. The fraction of sp³-hybridized carbons (Fsp3) is 0.636. The predicted octanol–water partition coefficient (Wildman–Crippen LogP) is 1.96. The van der Waals surface area contributed by atoms with Crippen LogP contribution in [0.4, 0.5) is 0 Å². The molecule has 0 aliphatic carbocycles. The Morgan fingerprint density at radius 2 is 2.29 bits per heavy atom. The molecule has 14 heavy (non-hydrogen) atoms.